The number of allylic oxidation sites excluding steroid dienone is 3. The Balaban J connectivity index is 3.08. The first-order valence-corrected chi connectivity index (χ1v) is 3.68. The molecule has 2 nitrogen and oxygen atoms in total. The van der Waals surface area contributed by atoms with Gasteiger partial charge in [0, 0.05) is 6.92 Å². The summed E-state index contributed by atoms with van der Waals surface area (Å²) >= 11 is 0. The lowest BCUT2D eigenvalue weighted by Gasteiger charge is -1.97. The molecule has 0 aliphatic heterocycles. The molecule has 0 aliphatic carbocycles. The van der Waals surface area contributed by atoms with Crippen LogP contribution in [0.25, 0.3) is 0 Å². The molecule has 0 heterocycles. The molecule has 62 valence electrons. The van der Waals surface area contributed by atoms with E-state index in [1.165, 1.54) is 6.92 Å². The molecular formula is C9H14O2. The molecular weight excluding hydrogens is 140 g/mol. The maximum Gasteiger partial charge on any atom is 0.302 e. The van der Waals surface area contributed by atoms with E-state index in [-0.39, 0.29) is 5.97 Å². The maximum atomic E-state index is 10.3. The second kappa shape index (κ2) is 7.06. The Hall–Kier alpha value is -1.05. The minimum absolute atomic E-state index is 0.210. The molecule has 0 atom stereocenters. The molecule has 0 saturated carbocycles. The molecule has 11 heavy (non-hydrogen) atoms. The Morgan fingerprint density at radius 3 is 2.91 bits per heavy atom. The van der Waals surface area contributed by atoms with Gasteiger partial charge in [0.2, 0.25) is 0 Å². The van der Waals surface area contributed by atoms with Gasteiger partial charge in [-0.2, -0.15) is 0 Å². The molecule has 0 aromatic heterocycles. The van der Waals surface area contributed by atoms with E-state index >= 15 is 0 Å². The van der Waals surface area contributed by atoms with Crippen molar-refractivity contribution in [2.45, 2.75) is 19.8 Å². The molecule has 0 bridgehead atoms. The van der Waals surface area contributed by atoms with Crippen molar-refractivity contribution in [3.63, 3.8) is 0 Å². The van der Waals surface area contributed by atoms with Gasteiger partial charge in [0.1, 0.15) is 0 Å². The number of esters is 1. The van der Waals surface area contributed by atoms with Crippen molar-refractivity contribution in [3.8, 4) is 0 Å². The monoisotopic (exact) mass is 154 g/mol. The van der Waals surface area contributed by atoms with Crippen molar-refractivity contribution in [2.24, 2.45) is 0 Å². The molecule has 0 unspecified atom stereocenters. The van der Waals surface area contributed by atoms with Crippen LogP contribution < -0.4 is 0 Å². The summed E-state index contributed by atoms with van der Waals surface area (Å²) in [6, 6.07) is 0. The van der Waals surface area contributed by atoms with Gasteiger partial charge in [-0.15, -0.1) is 0 Å². The van der Waals surface area contributed by atoms with Gasteiger partial charge in [0.05, 0.1) is 6.61 Å². The first kappa shape index (κ1) is 9.95. The third-order valence-electron chi connectivity index (χ3n) is 1.09. The number of ether oxygens (including phenoxy) is 1. The van der Waals surface area contributed by atoms with Gasteiger partial charge in [-0.05, 0) is 12.8 Å². The van der Waals surface area contributed by atoms with Crippen molar-refractivity contribution in [1.82, 2.24) is 0 Å². The molecule has 0 spiro atoms. The van der Waals surface area contributed by atoms with Gasteiger partial charge >= 0.3 is 5.97 Å². The van der Waals surface area contributed by atoms with Crippen LogP contribution in [0.1, 0.15) is 19.8 Å². The molecule has 0 aliphatic rings. The molecule has 0 fully saturated rings. The van der Waals surface area contributed by atoms with Crippen LogP contribution in [0.3, 0.4) is 0 Å². The summed E-state index contributed by atoms with van der Waals surface area (Å²) in [4.78, 5) is 10.3. The highest BCUT2D eigenvalue weighted by Crippen LogP contribution is 1.92. The molecule has 0 saturated heterocycles. The van der Waals surface area contributed by atoms with E-state index in [4.69, 9.17) is 4.74 Å². The fourth-order valence-electron chi connectivity index (χ4n) is 0.610. The predicted octanol–water partition coefficient (Wildman–Crippen LogP) is 2.07. The molecule has 0 radical (unpaired) electrons. The lowest BCUT2D eigenvalue weighted by atomic mass is 10.3. The zero-order chi connectivity index (χ0) is 8.53. The highest BCUT2D eigenvalue weighted by atomic mass is 16.5. The topological polar surface area (TPSA) is 26.3 Å². The Bertz CT molecular complexity index is 148. The molecule has 0 rings (SSSR count). The van der Waals surface area contributed by atoms with Crippen LogP contribution in [-0.4, -0.2) is 12.6 Å². The van der Waals surface area contributed by atoms with Gasteiger partial charge in [-0.3, -0.25) is 4.79 Å². The summed E-state index contributed by atoms with van der Waals surface area (Å²) in [6.07, 6.45) is 7.42. The third-order valence-corrected chi connectivity index (χ3v) is 1.09. The number of unbranched alkanes of at least 4 members (excludes halogenated alkanes) is 1. The van der Waals surface area contributed by atoms with E-state index < -0.39 is 0 Å². The summed E-state index contributed by atoms with van der Waals surface area (Å²) in [5, 5.41) is 0. The summed E-state index contributed by atoms with van der Waals surface area (Å²) in [6.45, 7) is 5.46. The number of rotatable bonds is 5. The second-order valence-corrected chi connectivity index (χ2v) is 2.15. The van der Waals surface area contributed by atoms with Gasteiger partial charge in [-0.25, -0.2) is 0 Å². The van der Waals surface area contributed by atoms with Gasteiger partial charge in [-0.1, -0.05) is 24.8 Å². The fraction of sp³-hybridized carbons (Fsp3) is 0.444. The molecule has 2 heteroatoms. The van der Waals surface area contributed by atoms with Crippen LogP contribution in [0.2, 0.25) is 0 Å². The number of carbonyl (C=O) groups is 1. The summed E-state index contributed by atoms with van der Waals surface area (Å²) < 4.78 is 4.72. The van der Waals surface area contributed by atoms with E-state index in [1.54, 1.807) is 6.08 Å². The Morgan fingerprint density at radius 1 is 1.64 bits per heavy atom. The van der Waals surface area contributed by atoms with Crippen LogP contribution in [0.5, 0.6) is 0 Å². The number of hydrogen-bond donors (Lipinski definition) is 0. The average molecular weight is 154 g/mol. The first-order chi connectivity index (χ1) is 5.27. The summed E-state index contributed by atoms with van der Waals surface area (Å²) in [5.74, 6) is -0.210. The summed E-state index contributed by atoms with van der Waals surface area (Å²) in [5.41, 5.74) is 0. The zero-order valence-electron chi connectivity index (χ0n) is 6.88. The fourth-order valence-corrected chi connectivity index (χ4v) is 0.610. The number of carbonyl (C=O) groups excluding carboxylic acids is 1. The van der Waals surface area contributed by atoms with E-state index in [1.807, 2.05) is 12.2 Å². The third kappa shape index (κ3) is 8.95. The van der Waals surface area contributed by atoms with Crippen LogP contribution in [0, 0.1) is 0 Å². The second-order valence-electron chi connectivity index (χ2n) is 2.15. The highest BCUT2D eigenvalue weighted by molar-refractivity contribution is 5.65. The van der Waals surface area contributed by atoms with Crippen LogP contribution in [0.4, 0.5) is 0 Å². The lowest BCUT2D eigenvalue weighted by Crippen LogP contribution is -1.99. The molecule has 0 aromatic carbocycles. The van der Waals surface area contributed by atoms with Gasteiger partial charge in [0.25, 0.3) is 0 Å². The normalized spacial score (nSPS) is 9.91. The van der Waals surface area contributed by atoms with Gasteiger partial charge in [0.15, 0.2) is 0 Å². The van der Waals surface area contributed by atoms with Gasteiger partial charge < -0.3 is 4.74 Å². The Morgan fingerprint density at radius 2 is 2.36 bits per heavy atom. The first-order valence-electron chi connectivity index (χ1n) is 3.68. The van der Waals surface area contributed by atoms with Crippen molar-refractivity contribution >= 4 is 5.97 Å². The zero-order valence-corrected chi connectivity index (χ0v) is 6.88. The van der Waals surface area contributed by atoms with Crippen LogP contribution >= 0.6 is 0 Å². The van der Waals surface area contributed by atoms with Crippen molar-refractivity contribution in [2.75, 3.05) is 6.61 Å². The summed E-state index contributed by atoms with van der Waals surface area (Å²) in [7, 11) is 0. The smallest absolute Gasteiger partial charge is 0.302 e. The lowest BCUT2D eigenvalue weighted by molar-refractivity contribution is -0.141. The molecule has 0 amide bonds. The van der Waals surface area contributed by atoms with E-state index in [9.17, 15) is 4.79 Å². The minimum Gasteiger partial charge on any atom is -0.466 e. The number of hydrogen-bond acceptors (Lipinski definition) is 2. The van der Waals surface area contributed by atoms with Crippen molar-refractivity contribution in [1.29, 1.82) is 0 Å². The largest absolute Gasteiger partial charge is 0.466 e. The Labute approximate surface area is 67.6 Å². The van der Waals surface area contributed by atoms with E-state index in [2.05, 4.69) is 6.58 Å². The molecule has 0 N–H and O–H groups in total. The van der Waals surface area contributed by atoms with E-state index in [0.717, 1.165) is 12.8 Å². The predicted molar refractivity (Wildman–Crippen MR) is 45.2 cm³/mol. The van der Waals surface area contributed by atoms with Crippen LogP contribution in [0.15, 0.2) is 24.8 Å². The standard InChI is InChI=1S/C9H14O2/c1-3-4-5-6-7-8-11-9(2)10/h3-5H,1,6-8H2,2H3/b5-4-. The minimum atomic E-state index is -0.210. The Kier molecular flexibility index (Phi) is 6.39. The average Bonchev–Trinajstić information content (AvgIpc) is 1.96. The van der Waals surface area contributed by atoms with Crippen molar-refractivity contribution < 1.29 is 9.53 Å². The maximum absolute atomic E-state index is 10.3. The van der Waals surface area contributed by atoms with Crippen molar-refractivity contribution in [3.05, 3.63) is 24.8 Å². The van der Waals surface area contributed by atoms with Crippen LogP contribution in [-0.2, 0) is 9.53 Å². The quantitative estimate of drug-likeness (QED) is 0.344. The SMILES string of the molecule is C=C/C=C\CCCOC(C)=O. The highest BCUT2D eigenvalue weighted by Gasteiger charge is 1.89. The van der Waals surface area contributed by atoms with E-state index in [0.29, 0.717) is 6.61 Å². The molecule has 0 aromatic rings.